The lowest BCUT2D eigenvalue weighted by Crippen LogP contribution is -2.16. The second kappa shape index (κ2) is 9.04. The number of nitrogens with two attached hydrogens (primary N) is 1. The molecule has 0 saturated heterocycles. The summed E-state index contributed by atoms with van der Waals surface area (Å²) in [5.74, 6) is 0.404. The van der Waals surface area contributed by atoms with Crippen molar-refractivity contribution in [2.45, 2.75) is 65.2 Å². The predicted octanol–water partition coefficient (Wildman–Crippen LogP) is 3.25. The summed E-state index contributed by atoms with van der Waals surface area (Å²) in [6, 6.07) is 0. The standard InChI is InChI=1S/C12H25NO/c1-3-5-7-9-11(8-6-4-2)10-12(13)14/h11H,3-10H2,1-2H3,(H2,13,14). The molecule has 2 nitrogen and oxygen atoms in total. The van der Waals surface area contributed by atoms with Crippen LogP contribution in [0.4, 0.5) is 0 Å². The Hall–Kier alpha value is -0.530. The van der Waals surface area contributed by atoms with E-state index in [0.29, 0.717) is 12.3 Å². The van der Waals surface area contributed by atoms with Crippen molar-refractivity contribution in [2.75, 3.05) is 0 Å². The van der Waals surface area contributed by atoms with Crippen molar-refractivity contribution < 1.29 is 4.79 Å². The van der Waals surface area contributed by atoms with Gasteiger partial charge >= 0.3 is 0 Å². The highest BCUT2D eigenvalue weighted by atomic mass is 16.1. The Morgan fingerprint density at radius 1 is 1.07 bits per heavy atom. The van der Waals surface area contributed by atoms with Crippen molar-refractivity contribution in [3.05, 3.63) is 0 Å². The fraction of sp³-hybridized carbons (Fsp3) is 0.917. The number of unbranched alkanes of at least 4 members (excludes halogenated alkanes) is 3. The molecule has 84 valence electrons. The van der Waals surface area contributed by atoms with Gasteiger partial charge in [-0.25, -0.2) is 0 Å². The first-order valence-corrected chi connectivity index (χ1v) is 5.99. The second-order valence-electron chi connectivity index (χ2n) is 4.17. The molecule has 14 heavy (non-hydrogen) atoms. The third-order valence-corrected chi connectivity index (χ3v) is 2.67. The Bertz CT molecular complexity index is 145. The van der Waals surface area contributed by atoms with Crippen LogP contribution in [-0.2, 0) is 4.79 Å². The highest BCUT2D eigenvalue weighted by Gasteiger charge is 2.10. The number of rotatable bonds is 9. The molecule has 0 fully saturated rings. The van der Waals surface area contributed by atoms with Gasteiger partial charge < -0.3 is 5.73 Å². The van der Waals surface area contributed by atoms with Crippen LogP contribution in [0.2, 0.25) is 0 Å². The SMILES string of the molecule is CCCCCC(CCCC)CC(N)=O. The molecule has 0 aromatic rings. The summed E-state index contributed by atoms with van der Waals surface area (Å²) in [7, 11) is 0. The van der Waals surface area contributed by atoms with Gasteiger partial charge in [0, 0.05) is 6.42 Å². The molecule has 0 saturated carbocycles. The average Bonchev–Trinajstić information content (AvgIpc) is 2.13. The third-order valence-electron chi connectivity index (χ3n) is 2.67. The van der Waals surface area contributed by atoms with Gasteiger partial charge in [0.2, 0.25) is 5.91 Å². The minimum atomic E-state index is -0.136. The van der Waals surface area contributed by atoms with Crippen LogP contribution in [-0.4, -0.2) is 5.91 Å². The first-order chi connectivity index (χ1) is 6.70. The lowest BCUT2D eigenvalue weighted by molar-refractivity contribution is -0.119. The molecule has 1 unspecified atom stereocenters. The van der Waals surface area contributed by atoms with E-state index in [1.807, 2.05) is 0 Å². The Balaban J connectivity index is 3.66. The van der Waals surface area contributed by atoms with Gasteiger partial charge in [0.05, 0.1) is 0 Å². The van der Waals surface area contributed by atoms with Gasteiger partial charge in [-0.1, -0.05) is 46.0 Å². The smallest absolute Gasteiger partial charge is 0.217 e. The van der Waals surface area contributed by atoms with Crippen LogP contribution in [0.1, 0.15) is 65.2 Å². The third kappa shape index (κ3) is 8.09. The Morgan fingerprint density at radius 2 is 1.64 bits per heavy atom. The van der Waals surface area contributed by atoms with E-state index >= 15 is 0 Å². The summed E-state index contributed by atoms with van der Waals surface area (Å²) in [5, 5.41) is 0. The molecule has 0 aromatic carbocycles. The highest BCUT2D eigenvalue weighted by molar-refractivity contribution is 5.73. The van der Waals surface area contributed by atoms with Gasteiger partial charge in [-0.3, -0.25) is 4.79 Å². The lowest BCUT2D eigenvalue weighted by Gasteiger charge is -2.14. The zero-order valence-corrected chi connectivity index (χ0v) is 9.72. The topological polar surface area (TPSA) is 43.1 Å². The summed E-state index contributed by atoms with van der Waals surface area (Å²) in [6.07, 6.45) is 9.15. The second-order valence-corrected chi connectivity index (χ2v) is 4.17. The summed E-state index contributed by atoms with van der Waals surface area (Å²) < 4.78 is 0. The molecule has 0 heterocycles. The molecule has 0 rings (SSSR count). The molecule has 0 aromatic heterocycles. The fourth-order valence-electron chi connectivity index (χ4n) is 1.81. The Kier molecular flexibility index (Phi) is 8.70. The van der Waals surface area contributed by atoms with Crippen LogP contribution in [0, 0.1) is 5.92 Å². The van der Waals surface area contributed by atoms with Crippen molar-refractivity contribution in [3.63, 3.8) is 0 Å². The van der Waals surface area contributed by atoms with E-state index in [1.54, 1.807) is 0 Å². The monoisotopic (exact) mass is 199 g/mol. The van der Waals surface area contributed by atoms with Crippen molar-refractivity contribution in [2.24, 2.45) is 11.7 Å². The first kappa shape index (κ1) is 13.5. The lowest BCUT2D eigenvalue weighted by atomic mass is 9.92. The maximum absolute atomic E-state index is 10.8. The molecular weight excluding hydrogens is 174 g/mol. The molecule has 0 aliphatic carbocycles. The van der Waals surface area contributed by atoms with Crippen LogP contribution >= 0.6 is 0 Å². The van der Waals surface area contributed by atoms with E-state index in [4.69, 9.17) is 5.73 Å². The van der Waals surface area contributed by atoms with Crippen molar-refractivity contribution in [1.29, 1.82) is 0 Å². The normalized spacial score (nSPS) is 12.7. The van der Waals surface area contributed by atoms with Gasteiger partial charge in [0.1, 0.15) is 0 Å². The van der Waals surface area contributed by atoms with Crippen molar-refractivity contribution in [1.82, 2.24) is 0 Å². The molecule has 1 amide bonds. The highest BCUT2D eigenvalue weighted by Crippen LogP contribution is 2.19. The minimum absolute atomic E-state index is 0.136. The molecule has 0 aliphatic rings. The first-order valence-electron chi connectivity index (χ1n) is 5.99. The number of primary amides is 1. The van der Waals surface area contributed by atoms with E-state index in [1.165, 1.54) is 44.9 Å². The van der Waals surface area contributed by atoms with Gasteiger partial charge in [-0.2, -0.15) is 0 Å². The van der Waals surface area contributed by atoms with Crippen LogP contribution in [0.15, 0.2) is 0 Å². The molecule has 1 atom stereocenters. The van der Waals surface area contributed by atoms with Crippen LogP contribution in [0.3, 0.4) is 0 Å². The van der Waals surface area contributed by atoms with Gasteiger partial charge in [-0.15, -0.1) is 0 Å². The quantitative estimate of drug-likeness (QED) is 0.569. The Labute approximate surface area is 88.3 Å². The number of amides is 1. The summed E-state index contributed by atoms with van der Waals surface area (Å²) in [6.45, 7) is 4.39. The van der Waals surface area contributed by atoms with Gasteiger partial charge in [0.25, 0.3) is 0 Å². The summed E-state index contributed by atoms with van der Waals surface area (Å²) in [4.78, 5) is 10.8. The molecule has 2 heteroatoms. The largest absolute Gasteiger partial charge is 0.370 e. The van der Waals surface area contributed by atoms with Crippen molar-refractivity contribution in [3.8, 4) is 0 Å². The van der Waals surface area contributed by atoms with E-state index in [2.05, 4.69) is 13.8 Å². The van der Waals surface area contributed by atoms with E-state index in [9.17, 15) is 4.79 Å². The van der Waals surface area contributed by atoms with Gasteiger partial charge in [0.15, 0.2) is 0 Å². The van der Waals surface area contributed by atoms with Crippen LogP contribution in [0.5, 0.6) is 0 Å². The molecule has 0 spiro atoms. The molecule has 0 bridgehead atoms. The maximum Gasteiger partial charge on any atom is 0.217 e. The van der Waals surface area contributed by atoms with Crippen LogP contribution < -0.4 is 5.73 Å². The van der Waals surface area contributed by atoms with E-state index in [-0.39, 0.29) is 5.91 Å². The van der Waals surface area contributed by atoms with E-state index < -0.39 is 0 Å². The number of carbonyl (C=O) groups excluding carboxylic acids is 1. The summed E-state index contributed by atoms with van der Waals surface area (Å²) in [5.41, 5.74) is 5.23. The van der Waals surface area contributed by atoms with Gasteiger partial charge in [-0.05, 0) is 18.8 Å². The summed E-state index contributed by atoms with van der Waals surface area (Å²) >= 11 is 0. The van der Waals surface area contributed by atoms with E-state index in [0.717, 1.165) is 0 Å². The molecule has 0 aliphatic heterocycles. The van der Waals surface area contributed by atoms with Crippen LogP contribution in [0.25, 0.3) is 0 Å². The predicted molar refractivity (Wildman–Crippen MR) is 61.0 cm³/mol. The minimum Gasteiger partial charge on any atom is -0.370 e. The maximum atomic E-state index is 10.8. The van der Waals surface area contributed by atoms with Crippen molar-refractivity contribution >= 4 is 5.91 Å². The number of carbonyl (C=O) groups is 1. The molecular formula is C12H25NO. The average molecular weight is 199 g/mol. The number of hydrogen-bond acceptors (Lipinski definition) is 1. The zero-order chi connectivity index (χ0) is 10.8. The molecule has 0 radical (unpaired) electrons. The fourth-order valence-corrected chi connectivity index (χ4v) is 1.81. The Morgan fingerprint density at radius 3 is 2.14 bits per heavy atom. The molecule has 2 N–H and O–H groups in total. The number of hydrogen-bond donors (Lipinski definition) is 1. The zero-order valence-electron chi connectivity index (χ0n) is 9.72.